The summed E-state index contributed by atoms with van der Waals surface area (Å²) < 4.78 is 1.06. The first-order valence-electron chi connectivity index (χ1n) is 23.4. The van der Waals surface area contributed by atoms with Crippen LogP contribution in [0.1, 0.15) is 133 Å². The van der Waals surface area contributed by atoms with Gasteiger partial charge in [0.2, 0.25) is 0 Å². The van der Waals surface area contributed by atoms with Crippen molar-refractivity contribution in [2.24, 2.45) is 11.8 Å². The van der Waals surface area contributed by atoms with E-state index in [0.717, 1.165) is 12.8 Å². The molecule has 0 bridgehead atoms. The average molecular weight is 950 g/mol. The van der Waals surface area contributed by atoms with E-state index in [-0.39, 0.29) is 19.1 Å². The van der Waals surface area contributed by atoms with E-state index in [1.807, 2.05) is 0 Å². The Labute approximate surface area is 383 Å². The molecular formula is C58H63Cl2SiZr. The molecule has 4 heteroatoms. The first-order valence-corrected chi connectivity index (χ1v) is 35.2. The van der Waals surface area contributed by atoms with Crippen LogP contribution in [0.25, 0.3) is 45.5 Å². The van der Waals surface area contributed by atoms with Crippen molar-refractivity contribution in [3.8, 4) is 33.4 Å². The normalized spacial score (nSPS) is 17.6. The van der Waals surface area contributed by atoms with Gasteiger partial charge in [0.25, 0.3) is 0 Å². The van der Waals surface area contributed by atoms with Crippen molar-refractivity contribution in [3.63, 3.8) is 0 Å². The second-order valence-electron chi connectivity index (χ2n) is 19.7. The predicted molar refractivity (Wildman–Crippen MR) is 273 cm³/mol. The van der Waals surface area contributed by atoms with Gasteiger partial charge in [0.15, 0.2) is 0 Å². The van der Waals surface area contributed by atoms with Gasteiger partial charge in [-0.15, -0.1) is 0 Å². The second kappa shape index (κ2) is 16.5. The van der Waals surface area contributed by atoms with Crippen LogP contribution >= 0.6 is 17.0 Å². The Balaban J connectivity index is 1.43. The van der Waals surface area contributed by atoms with E-state index in [1.54, 1.807) is 0 Å². The monoisotopic (exact) mass is 947 g/mol. The van der Waals surface area contributed by atoms with Gasteiger partial charge in [0.05, 0.1) is 0 Å². The van der Waals surface area contributed by atoms with E-state index in [2.05, 4.69) is 197 Å². The van der Waals surface area contributed by atoms with E-state index in [9.17, 15) is 17.0 Å². The molecule has 0 saturated heterocycles. The van der Waals surface area contributed by atoms with Crippen LogP contribution in [0.4, 0.5) is 0 Å². The number of allylic oxidation sites excluding steroid dienone is 2. The topological polar surface area (TPSA) is 0 Å². The van der Waals surface area contributed by atoms with Crippen molar-refractivity contribution < 1.29 is 16.4 Å². The third-order valence-corrected chi connectivity index (χ3v) is 37.5. The van der Waals surface area contributed by atoms with Gasteiger partial charge in [-0.1, -0.05) is 0 Å². The molecule has 0 nitrogen and oxygen atoms in total. The summed E-state index contributed by atoms with van der Waals surface area (Å²) in [5.41, 5.74) is 21.8. The van der Waals surface area contributed by atoms with Crippen molar-refractivity contribution in [1.82, 2.24) is 0 Å². The van der Waals surface area contributed by atoms with Crippen molar-refractivity contribution >= 4 is 52.3 Å². The van der Waals surface area contributed by atoms with E-state index in [0.29, 0.717) is 11.8 Å². The maximum absolute atomic E-state index is 9.53. The number of hydrogen-bond acceptors (Lipinski definition) is 0. The Morgan fingerprint density at radius 1 is 0.484 bits per heavy atom. The molecule has 3 aliphatic rings. The van der Waals surface area contributed by atoms with Gasteiger partial charge >= 0.3 is 386 Å². The molecule has 0 aromatic heterocycles. The Bertz CT molecular complexity index is 2680. The fourth-order valence-corrected chi connectivity index (χ4v) is 40.2. The van der Waals surface area contributed by atoms with Crippen LogP contribution < -0.4 is 13.6 Å². The van der Waals surface area contributed by atoms with Crippen LogP contribution in [0, 0.1) is 11.8 Å². The molecule has 2 atom stereocenters. The third-order valence-electron chi connectivity index (χ3n) is 14.9. The number of rotatable bonds is 11. The van der Waals surface area contributed by atoms with Crippen molar-refractivity contribution in [2.45, 2.75) is 101 Å². The van der Waals surface area contributed by atoms with Crippen LogP contribution in [0.3, 0.4) is 0 Å². The number of halogens is 2. The standard InChI is InChI=1S/2C23H27.C12H9Si.2ClH.Zr/c2*1-6-17-9-7-8-10-21(17)23-20(16(4)5)12-11-18-13-19(15(2)3)14-22(18)23;1-3-7-11-9(5-1)10-6-2-4-8-12(10)13-11;;;/h2*7-16H,6H2,1-5H3;1-7H,13H2;2*1H;/q;;;;;+2/p-2. The molecular weight excluding hydrogens is 887 g/mol. The summed E-state index contributed by atoms with van der Waals surface area (Å²) in [5, 5.41) is 2.97. The van der Waals surface area contributed by atoms with E-state index >= 15 is 0 Å². The summed E-state index contributed by atoms with van der Waals surface area (Å²) in [5.74, 6) is 1.18. The molecule has 62 heavy (non-hydrogen) atoms. The zero-order valence-corrected chi connectivity index (χ0v) is 43.8. The summed E-state index contributed by atoms with van der Waals surface area (Å²) in [6.07, 6.45) is 7.10. The first kappa shape index (κ1) is 43.7. The number of aryl methyl sites for hydroxylation is 2. The molecule has 0 radical (unpaired) electrons. The van der Waals surface area contributed by atoms with E-state index in [1.165, 1.54) is 103 Å². The molecule has 6 aromatic rings. The maximum atomic E-state index is 9.53. The van der Waals surface area contributed by atoms with Gasteiger partial charge in [0.1, 0.15) is 0 Å². The molecule has 0 saturated carbocycles. The van der Waals surface area contributed by atoms with Gasteiger partial charge in [-0.2, -0.15) is 0 Å². The van der Waals surface area contributed by atoms with Crippen LogP contribution in [0.15, 0.2) is 126 Å². The molecule has 2 unspecified atom stereocenters. The van der Waals surface area contributed by atoms with Crippen LogP contribution in [0.5, 0.6) is 0 Å². The Kier molecular flexibility index (Phi) is 11.6. The molecule has 0 spiro atoms. The summed E-state index contributed by atoms with van der Waals surface area (Å²) in [6.45, 7) is 23.5. The zero-order valence-electron chi connectivity index (χ0n) is 38.5. The summed E-state index contributed by atoms with van der Waals surface area (Å²) in [4.78, 5) is 0. The predicted octanol–water partition coefficient (Wildman–Crippen LogP) is 14.7. The molecule has 2 aliphatic carbocycles. The second-order valence-corrected chi connectivity index (χ2v) is 42.1. The molecule has 9 rings (SSSR count). The van der Waals surface area contributed by atoms with Gasteiger partial charge in [-0.25, -0.2) is 0 Å². The SMILES string of the molecule is CCc1ccccc1-c1c(C(C)C)ccc2c1C=C(C(C)C)[CH]2[Zr]([Cl])([Cl])([c]1cccc2c1[SiH2]c1ccccc1-2)[CH]1C(C(C)C)=Cc2c1ccc(C(C)C)c2-c1ccccc1CC. The minimum atomic E-state index is -5.75. The minimum absolute atomic E-state index is 0.123. The average Bonchev–Trinajstić information content (AvgIpc) is 3.99. The van der Waals surface area contributed by atoms with Crippen LogP contribution in [-0.4, -0.2) is 9.52 Å². The van der Waals surface area contributed by atoms with Crippen molar-refractivity contribution in [2.75, 3.05) is 0 Å². The molecule has 1 aliphatic heterocycles. The van der Waals surface area contributed by atoms with E-state index < -0.39 is 25.9 Å². The molecule has 6 aromatic carbocycles. The Hall–Kier alpha value is -3.52. The van der Waals surface area contributed by atoms with Gasteiger partial charge in [0, 0.05) is 0 Å². The quantitative estimate of drug-likeness (QED) is 0.113. The third kappa shape index (κ3) is 6.67. The Morgan fingerprint density at radius 3 is 1.37 bits per heavy atom. The molecule has 1 heterocycles. The van der Waals surface area contributed by atoms with Crippen LogP contribution in [0.2, 0.25) is 0 Å². The molecule has 317 valence electrons. The number of fused-ring (bicyclic) bond motifs is 5. The molecule has 0 N–H and O–H groups in total. The number of hydrogen-bond donors (Lipinski definition) is 0. The summed E-state index contributed by atoms with van der Waals surface area (Å²) in [6, 6.07) is 44.1. The van der Waals surface area contributed by atoms with Gasteiger partial charge < -0.3 is 0 Å². The zero-order chi connectivity index (χ0) is 43.9. The number of benzene rings is 6. The molecule has 0 amide bonds. The van der Waals surface area contributed by atoms with E-state index in [4.69, 9.17) is 0 Å². The van der Waals surface area contributed by atoms with Crippen LogP contribution in [-0.2, 0) is 29.2 Å². The van der Waals surface area contributed by atoms with Crippen molar-refractivity contribution in [1.29, 1.82) is 0 Å². The summed E-state index contributed by atoms with van der Waals surface area (Å²) >= 11 is -5.75. The fraction of sp³-hybridized carbons (Fsp3) is 0.310. The Morgan fingerprint density at radius 2 is 0.919 bits per heavy atom. The van der Waals surface area contributed by atoms with Gasteiger partial charge in [-0.05, 0) is 0 Å². The fourth-order valence-electron chi connectivity index (χ4n) is 12.0. The van der Waals surface area contributed by atoms with Crippen molar-refractivity contribution in [3.05, 3.63) is 171 Å². The van der Waals surface area contributed by atoms with Gasteiger partial charge in [-0.3, -0.25) is 0 Å². The first-order chi connectivity index (χ1) is 29.7. The summed E-state index contributed by atoms with van der Waals surface area (Å²) in [7, 11) is 18.2. The molecule has 0 fully saturated rings.